The van der Waals surface area contributed by atoms with Gasteiger partial charge in [0.05, 0.1) is 22.1 Å². The Kier molecular flexibility index (Phi) is 4.99. The molecule has 33 heavy (non-hydrogen) atoms. The first-order valence-corrected chi connectivity index (χ1v) is 11.6. The number of phenolic OH excluding ortho intramolecular Hbond substituents is 1. The standard InChI is InChI=1S/C23H16ClN5O3S/c24-15-6-4-8-17(12-15)33(31,32)21-20-23(28-19-10-2-1-9-18(19)27-20)29(22(21)25)26-13-14-5-3-7-16(30)11-14/h1-13,30H,25H2. The summed E-state index contributed by atoms with van der Waals surface area (Å²) in [7, 11) is -4.10. The van der Waals surface area contributed by atoms with Crippen LogP contribution in [0.15, 0.2) is 87.7 Å². The quantitative estimate of drug-likeness (QED) is 0.373. The van der Waals surface area contributed by atoms with Crippen LogP contribution in [-0.4, -0.2) is 34.4 Å². The predicted molar refractivity (Wildman–Crippen MR) is 127 cm³/mol. The molecule has 2 aromatic heterocycles. The average Bonchev–Trinajstić information content (AvgIpc) is 3.07. The lowest BCUT2D eigenvalue weighted by atomic mass is 10.2. The van der Waals surface area contributed by atoms with E-state index in [0.29, 0.717) is 16.6 Å². The number of nitrogen functional groups attached to an aromatic ring is 1. The van der Waals surface area contributed by atoms with Crippen LogP contribution in [0.1, 0.15) is 5.56 Å². The van der Waals surface area contributed by atoms with Gasteiger partial charge in [-0.05, 0) is 48.0 Å². The predicted octanol–water partition coefficient (Wildman–Crippen LogP) is 4.24. The Morgan fingerprint density at radius 3 is 2.42 bits per heavy atom. The molecule has 0 fully saturated rings. The van der Waals surface area contributed by atoms with Crippen molar-refractivity contribution in [3.63, 3.8) is 0 Å². The van der Waals surface area contributed by atoms with Crippen LogP contribution in [0, 0.1) is 0 Å². The number of halogens is 1. The van der Waals surface area contributed by atoms with Gasteiger partial charge in [0.25, 0.3) is 0 Å². The lowest BCUT2D eigenvalue weighted by molar-refractivity contribution is 0.475. The minimum Gasteiger partial charge on any atom is -0.508 e. The van der Waals surface area contributed by atoms with Crippen molar-refractivity contribution in [1.29, 1.82) is 0 Å². The van der Waals surface area contributed by atoms with Gasteiger partial charge in [0, 0.05) is 5.02 Å². The minimum absolute atomic E-state index is 0.0207. The summed E-state index contributed by atoms with van der Waals surface area (Å²) in [5.74, 6) is -0.0732. The second-order valence-electron chi connectivity index (χ2n) is 7.21. The van der Waals surface area contributed by atoms with Crippen LogP contribution in [-0.2, 0) is 9.84 Å². The summed E-state index contributed by atoms with van der Waals surface area (Å²) in [4.78, 5) is 8.91. The zero-order chi connectivity index (χ0) is 23.2. The van der Waals surface area contributed by atoms with Gasteiger partial charge in [-0.15, -0.1) is 0 Å². The molecule has 0 amide bonds. The van der Waals surface area contributed by atoms with Crippen LogP contribution in [0.4, 0.5) is 5.82 Å². The van der Waals surface area contributed by atoms with Gasteiger partial charge < -0.3 is 10.8 Å². The van der Waals surface area contributed by atoms with E-state index < -0.39 is 9.84 Å². The Morgan fingerprint density at radius 2 is 1.70 bits per heavy atom. The number of benzene rings is 3. The van der Waals surface area contributed by atoms with E-state index in [1.807, 2.05) is 0 Å². The number of hydrogen-bond donors (Lipinski definition) is 2. The fourth-order valence-electron chi connectivity index (χ4n) is 3.49. The highest BCUT2D eigenvalue weighted by molar-refractivity contribution is 7.92. The average molecular weight is 478 g/mol. The van der Waals surface area contributed by atoms with Gasteiger partial charge in [-0.3, -0.25) is 0 Å². The Hall–Kier alpha value is -3.95. The molecule has 0 aliphatic heterocycles. The Bertz CT molecular complexity index is 1680. The molecular formula is C23H16ClN5O3S. The molecule has 2 heterocycles. The maximum atomic E-state index is 13.6. The van der Waals surface area contributed by atoms with Gasteiger partial charge in [-0.1, -0.05) is 41.9 Å². The van der Waals surface area contributed by atoms with Crippen LogP contribution in [0.25, 0.3) is 22.2 Å². The smallest absolute Gasteiger partial charge is 0.212 e. The number of nitrogens with two attached hydrogens (primary N) is 1. The van der Waals surface area contributed by atoms with E-state index in [-0.39, 0.29) is 37.5 Å². The molecule has 3 aromatic carbocycles. The first kappa shape index (κ1) is 20.9. The molecular weight excluding hydrogens is 462 g/mol. The molecule has 0 atom stereocenters. The second-order valence-corrected chi connectivity index (χ2v) is 9.53. The molecule has 0 spiro atoms. The normalized spacial score (nSPS) is 12.2. The number of para-hydroxylation sites is 2. The van der Waals surface area contributed by atoms with Crippen molar-refractivity contribution in [3.8, 4) is 5.75 Å². The Labute approximate surface area is 193 Å². The molecule has 8 nitrogen and oxygen atoms in total. The number of aromatic nitrogens is 3. The molecule has 5 aromatic rings. The number of phenols is 1. The molecule has 3 N–H and O–H groups in total. The molecule has 0 saturated heterocycles. The summed E-state index contributed by atoms with van der Waals surface area (Å²) in [6.07, 6.45) is 1.45. The number of nitrogens with zero attached hydrogens (tertiary/aromatic N) is 4. The first-order valence-electron chi connectivity index (χ1n) is 9.75. The fourth-order valence-corrected chi connectivity index (χ4v) is 5.27. The largest absolute Gasteiger partial charge is 0.508 e. The molecule has 0 unspecified atom stereocenters. The van der Waals surface area contributed by atoms with Crippen molar-refractivity contribution in [2.24, 2.45) is 5.10 Å². The minimum atomic E-state index is -4.10. The molecule has 0 radical (unpaired) electrons. The zero-order valence-electron chi connectivity index (χ0n) is 16.9. The fraction of sp³-hybridized carbons (Fsp3) is 0. The van der Waals surface area contributed by atoms with Gasteiger partial charge >= 0.3 is 0 Å². The number of fused-ring (bicyclic) bond motifs is 2. The summed E-state index contributed by atoms with van der Waals surface area (Å²) >= 11 is 6.04. The summed E-state index contributed by atoms with van der Waals surface area (Å²) < 4.78 is 28.4. The van der Waals surface area contributed by atoms with E-state index in [0.717, 1.165) is 0 Å². The van der Waals surface area contributed by atoms with Crippen molar-refractivity contribution in [2.75, 3.05) is 5.73 Å². The zero-order valence-corrected chi connectivity index (χ0v) is 18.5. The highest BCUT2D eigenvalue weighted by atomic mass is 35.5. The molecule has 0 aliphatic rings. The van der Waals surface area contributed by atoms with E-state index >= 15 is 0 Å². The third-order valence-electron chi connectivity index (χ3n) is 5.00. The molecule has 0 bridgehead atoms. The van der Waals surface area contributed by atoms with E-state index in [9.17, 15) is 13.5 Å². The number of anilines is 1. The van der Waals surface area contributed by atoms with E-state index in [1.54, 1.807) is 48.5 Å². The van der Waals surface area contributed by atoms with Crippen LogP contribution in [0.5, 0.6) is 5.75 Å². The number of hydrogen-bond acceptors (Lipinski definition) is 7. The Morgan fingerprint density at radius 1 is 0.970 bits per heavy atom. The maximum absolute atomic E-state index is 13.6. The van der Waals surface area contributed by atoms with Gasteiger partial charge in [0.2, 0.25) is 9.84 Å². The molecule has 10 heteroatoms. The highest BCUT2D eigenvalue weighted by Gasteiger charge is 2.30. The third-order valence-corrected chi connectivity index (χ3v) is 7.05. The summed E-state index contributed by atoms with van der Waals surface area (Å²) in [6.45, 7) is 0. The topological polar surface area (TPSA) is 123 Å². The van der Waals surface area contributed by atoms with Crippen LogP contribution >= 0.6 is 11.6 Å². The van der Waals surface area contributed by atoms with E-state index in [1.165, 1.54) is 35.2 Å². The van der Waals surface area contributed by atoms with Crippen LogP contribution < -0.4 is 5.73 Å². The molecule has 0 saturated carbocycles. The van der Waals surface area contributed by atoms with Crippen LogP contribution in [0.2, 0.25) is 5.02 Å². The summed E-state index contributed by atoms with van der Waals surface area (Å²) in [5.41, 5.74) is 8.28. The lowest BCUT2D eigenvalue weighted by Gasteiger charge is -2.05. The maximum Gasteiger partial charge on any atom is 0.212 e. The first-order chi connectivity index (χ1) is 15.8. The SMILES string of the molecule is Nc1c(S(=O)(=O)c2cccc(Cl)c2)c2nc3ccccc3nc2n1N=Cc1cccc(O)c1. The highest BCUT2D eigenvalue weighted by Crippen LogP contribution is 2.35. The van der Waals surface area contributed by atoms with Crippen molar-refractivity contribution < 1.29 is 13.5 Å². The van der Waals surface area contributed by atoms with Crippen molar-refractivity contribution >= 4 is 55.7 Å². The van der Waals surface area contributed by atoms with Crippen LogP contribution in [0.3, 0.4) is 0 Å². The third kappa shape index (κ3) is 3.67. The van der Waals surface area contributed by atoms with E-state index in [4.69, 9.17) is 17.3 Å². The van der Waals surface area contributed by atoms with Crippen molar-refractivity contribution in [3.05, 3.63) is 83.4 Å². The van der Waals surface area contributed by atoms with Gasteiger partial charge in [-0.2, -0.15) is 9.78 Å². The van der Waals surface area contributed by atoms with Gasteiger partial charge in [-0.25, -0.2) is 18.4 Å². The molecule has 5 rings (SSSR count). The van der Waals surface area contributed by atoms with Crippen molar-refractivity contribution in [2.45, 2.75) is 9.79 Å². The van der Waals surface area contributed by atoms with E-state index in [2.05, 4.69) is 15.1 Å². The number of sulfone groups is 1. The molecule has 164 valence electrons. The summed E-state index contributed by atoms with van der Waals surface area (Å²) in [6, 6.07) is 19.4. The van der Waals surface area contributed by atoms with Gasteiger partial charge in [0.1, 0.15) is 22.0 Å². The number of rotatable bonds is 4. The van der Waals surface area contributed by atoms with Gasteiger partial charge in [0.15, 0.2) is 5.65 Å². The number of aromatic hydroxyl groups is 1. The second kappa shape index (κ2) is 7.88. The molecule has 0 aliphatic carbocycles. The Balaban J connectivity index is 1.81. The lowest BCUT2D eigenvalue weighted by Crippen LogP contribution is -2.06. The van der Waals surface area contributed by atoms with Crippen molar-refractivity contribution in [1.82, 2.24) is 14.6 Å². The summed E-state index contributed by atoms with van der Waals surface area (Å²) in [5, 5.41) is 14.3. The monoisotopic (exact) mass is 477 g/mol.